The van der Waals surface area contributed by atoms with E-state index in [9.17, 15) is 24.5 Å². The predicted octanol–water partition coefficient (Wildman–Crippen LogP) is 1.84. The summed E-state index contributed by atoms with van der Waals surface area (Å²) >= 11 is 0. The lowest BCUT2D eigenvalue weighted by Gasteiger charge is -2.21. The Labute approximate surface area is 128 Å². The number of hydrogen-bond acceptors (Lipinski definition) is 5. The minimum absolute atomic E-state index is 0.0196. The van der Waals surface area contributed by atoms with E-state index in [1.54, 1.807) is 20.8 Å². The highest BCUT2D eigenvalue weighted by Gasteiger charge is 2.22. The van der Waals surface area contributed by atoms with Crippen LogP contribution in [0.3, 0.4) is 0 Å². The second-order valence-electron chi connectivity index (χ2n) is 5.93. The van der Waals surface area contributed by atoms with Crippen molar-refractivity contribution in [2.24, 2.45) is 0 Å². The van der Waals surface area contributed by atoms with Crippen molar-refractivity contribution >= 4 is 6.09 Å². The van der Waals surface area contributed by atoms with Crippen molar-refractivity contribution in [3.8, 4) is 5.75 Å². The second-order valence-corrected chi connectivity index (χ2v) is 5.93. The minimum Gasteiger partial charge on any atom is -0.507 e. The highest BCUT2D eigenvalue weighted by molar-refractivity contribution is 5.67. The molecule has 1 aromatic carbocycles. The number of hydrogen-bond donors (Lipinski definition) is 4. The number of ether oxygens (including phenoxy) is 1. The van der Waals surface area contributed by atoms with Gasteiger partial charge in [0.25, 0.3) is 0 Å². The fourth-order valence-electron chi connectivity index (χ4n) is 1.77. The summed E-state index contributed by atoms with van der Waals surface area (Å²) in [5, 5.41) is 31.8. The zero-order valence-corrected chi connectivity index (χ0v) is 12.8. The van der Waals surface area contributed by atoms with Crippen LogP contribution in [0, 0.1) is 5.82 Å². The molecule has 0 spiro atoms. The molecule has 0 heterocycles. The van der Waals surface area contributed by atoms with Crippen LogP contribution in [0.25, 0.3) is 0 Å². The van der Waals surface area contributed by atoms with Crippen molar-refractivity contribution in [3.63, 3.8) is 0 Å². The summed E-state index contributed by atoms with van der Waals surface area (Å²) in [5.74, 6) is -1.08. The quantitative estimate of drug-likeness (QED) is 0.664. The number of nitrogens with one attached hydrogen (secondary N) is 1. The van der Waals surface area contributed by atoms with Crippen molar-refractivity contribution in [2.45, 2.75) is 45.0 Å². The first-order valence-electron chi connectivity index (χ1n) is 6.91. The Balaban J connectivity index is 2.48. The van der Waals surface area contributed by atoms with Crippen LogP contribution in [0.1, 0.15) is 38.9 Å². The van der Waals surface area contributed by atoms with Crippen molar-refractivity contribution in [2.75, 3.05) is 6.54 Å². The van der Waals surface area contributed by atoms with Gasteiger partial charge >= 0.3 is 6.09 Å². The standard InChI is InChI=1S/C15H22FNO5/c1-15(2,3)22-14(21)17-7-6-11(18)13(20)10-5-4-9(16)8-12(10)19/h4-5,8,11,13,18-20H,6-7H2,1-3H3,(H,17,21). The molecule has 0 aliphatic carbocycles. The Morgan fingerprint density at radius 3 is 2.55 bits per heavy atom. The molecule has 1 rings (SSSR count). The Kier molecular flexibility index (Phi) is 6.13. The Hall–Kier alpha value is -1.86. The number of alkyl carbamates (subject to hydrolysis) is 1. The van der Waals surface area contributed by atoms with Gasteiger partial charge in [-0.1, -0.05) is 0 Å². The highest BCUT2D eigenvalue weighted by Crippen LogP contribution is 2.28. The molecule has 0 radical (unpaired) electrons. The lowest BCUT2D eigenvalue weighted by molar-refractivity contribution is 0.0110. The molecule has 0 aliphatic heterocycles. The molecule has 2 unspecified atom stereocenters. The van der Waals surface area contributed by atoms with E-state index >= 15 is 0 Å². The number of phenols is 1. The molecule has 2 atom stereocenters. The fraction of sp³-hybridized carbons (Fsp3) is 0.533. The number of phenolic OH excluding ortho intramolecular Hbond substituents is 1. The van der Waals surface area contributed by atoms with Gasteiger partial charge in [-0.2, -0.15) is 0 Å². The average molecular weight is 315 g/mol. The molecule has 1 amide bonds. The van der Waals surface area contributed by atoms with Gasteiger partial charge in [0.2, 0.25) is 0 Å². The number of amides is 1. The van der Waals surface area contributed by atoms with Crippen molar-refractivity contribution in [3.05, 3.63) is 29.6 Å². The molecule has 124 valence electrons. The average Bonchev–Trinajstić information content (AvgIpc) is 2.35. The first-order chi connectivity index (χ1) is 10.1. The van der Waals surface area contributed by atoms with E-state index in [2.05, 4.69) is 5.32 Å². The van der Waals surface area contributed by atoms with Gasteiger partial charge < -0.3 is 25.4 Å². The second kappa shape index (κ2) is 7.42. The summed E-state index contributed by atoms with van der Waals surface area (Å²) in [6.45, 7) is 5.25. The number of aliphatic hydroxyl groups excluding tert-OH is 2. The van der Waals surface area contributed by atoms with Gasteiger partial charge in [0.15, 0.2) is 0 Å². The van der Waals surface area contributed by atoms with E-state index in [0.29, 0.717) is 0 Å². The number of rotatable bonds is 5. The third-order valence-electron chi connectivity index (χ3n) is 2.78. The number of benzene rings is 1. The van der Waals surface area contributed by atoms with Crippen LogP contribution in [0.15, 0.2) is 18.2 Å². The topological polar surface area (TPSA) is 99.0 Å². The number of halogens is 1. The van der Waals surface area contributed by atoms with Crippen LogP contribution in [0.2, 0.25) is 0 Å². The lowest BCUT2D eigenvalue weighted by atomic mass is 10.0. The van der Waals surface area contributed by atoms with Crippen molar-refractivity contribution in [1.82, 2.24) is 5.32 Å². The molecule has 0 fully saturated rings. The van der Waals surface area contributed by atoms with Crippen LogP contribution < -0.4 is 5.32 Å². The number of aliphatic hydroxyl groups is 2. The SMILES string of the molecule is CC(C)(C)OC(=O)NCCC(O)C(O)c1ccc(F)cc1O. The molecule has 6 nitrogen and oxygen atoms in total. The van der Waals surface area contributed by atoms with Gasteiger partial charge in [-0.05, 0) is 39.3 Å². The fourth-order valence-corrected chi connectivity index (χ4v) is 1.77. The summed E-state index contributed by atoms with van der Waals surface area (Å²) in [6.07, 6.45) is -3.21. The van der Waals surface area contributed by atoms with Crippen molar-refractivity contribution in [1.29, 1.82) is 0 Å². The summed E-state index contributed by atoms with van der Waals surface area (Å²) in [5.41, 5.74) is -0.603. The van der Waals surface area contributed by atoms with E-state index in [1.807, 2.05) is 0 Å². The van der Waals surface area contributed by atoms with Gasteiger partial charge in [0, 0.05) is 18.2 Å². The summed E-state index contributed by atoms with van der Waals surface area (Å²) in [6, 6.07) is 3.12. The van der Waals surface area contributed by atoms with E-state index in [1.165, 1.54) is 6.07 Å². The van der Waals surface area contributed by atoms with Gasteiger partial charge in [0.05, 0.1) is 6.10 Å². The smallest absolute Gasteiger partial charge is 0.407 e. The Bertz CT molecular complexity index is 515. The summed E-state index contributed by atoms with van der Waals surface area (Å²) in [4.78, 5) is 11.4. The number of carbonyl (C=O) groups is 1. The normalized spacial score (nSPS) is 14.3. The van der Waals surface area contributed by atoms with Gasteiger partial charge in [-0.25, -0.2) is 9.18 Å². The molecule has 4 N–H and O–H groups in total. The van der Waals surface area contributed by atoms with Crippen LogP contribution in [-0.4, -0.2) is 39.7 Å². The van der Waals surface area contributed by atoms with Gasteiger partial charge in [-0.3, -0.25) is 0 Å². The molecule has 0 saturated heterocycles. The van der Waals surface area contributed by atoms with E-state index < -0.39 is 35.5 Å². The molecule has 1 aromatic rings. The van der Waals surface area contributed by atoms with Gasteiger partial charge in [-0.15, -0.1) is 0 Å². The first kappa shape index (κ1) is 18.2. The monoisotopic (exact) mass is 315 g/mol. The molecular weight excluding hydrogens is 293 g/mol. The molecule has 0 saturated carbocycles. The van der Waals surface area contributed by atoms with Crippen LogP contribution in [0.4, 0.5) is 9.18 Å². The van der Waals surface area contributed by atoms with Crippen molar-refractivity contribution < 1.29 is 29.2 Å². The maximum absolute atomic E-state index is 12.9. The molecule has 0 bridgehead atoms. The minimum atomic E-state index is -1.39. The molecule has 0 aliphatic rings. The molecular formula is C15H22FNO5. The van der Waals surface area contributed by atoms with Crippen LogP contribution in [0.5, 0.6) is 5.75 Å². The Morgan fingerprint density at radius 2 is 2.00 bits per heavy atom. The first-order valence-corrected chi connectivity index (χ1v) is 6.91. The van der Waals surface area contributed by atoms with E-state index in [-0.39, 0.29) is 18.5 Å². The largest absolute Gasteiger partial charge is 0.507 e. The predicted molar refractivity (Wildman–Crippen MR) is 77.9 cm³/mol. The van der Waals surface area contributed by atoms with E-state index in [0.717, 1.165) is 12.1 Å². The molecule has 22 heavy (non-hydrogen) atoms. The highest BCUT2D eigenvalue weighted by atomic mass is 19.1. The third-order valence-corrected chi connectivity index (χ3v) is 2.78. The molecule has 7 heteroatoms. The van der Waals surface area contributed by atoms with Crippen LogP contribution >= 0.6 is 0 Å². The zero-order chi connectivity index (χ0) is 16.9. The maximum atomic E-state index is 12.9. The third kappa shape index (κ3) is 5.87. The summed E-state index contributed by atoms with van der Waals surface area (Å²) in [7, 11) is 0. The van der Waals surface area contributed by atoms with Gasteiger partial charge in [0.1, 0.15) is 23.3 Å². The Morgan fingerprint density at radius 1 is 1.36 bits per heavy atom. The molecule has 0 aromatic heterocycles. The van der Waals surface area contributed by atoms with Crippen LogP contribution in [-0.2, 0) is 4.74 Å². The lowest BCUT2D eigenvalue weighted by Crippen LogP contribution is -2.34. The maximum Gasteiger partial charge on any atom is 0.407 e. The zero-order valence-electron chi connectivity index (χ0n) is 12.8. The van der Waals surface area contributed by atoms with E-state index in [4.69, 9.17) is 4.74 Å². The number of aromatic hydroxyl groups is 1. The number of carbonyl (C=O) groups excluding carboxylic acids is 1. The summed E-state index contributed by atoms with van der Waals surface area (Å²) < 4.78 is 17.9.